The van der Waals surface area contributed by atoms with Crippen LogP contribution in [0, 0.1) is 0 Å². The van der Waals surface area contributed by atoms with E-state index in [0.717, 1.165) is 56.9 Å². The second-order valence-corrected chi connectivity index (χ2v) is 5.47. The smallest absolute Gasteiger partial charge is 0.197 e. The molecular weight excluding hydrogens is 226 g/mol. The maximum Gasteiger partial charge on any atom is 0.197 e. The fourth-order valence-corrected chi connectivity index (χ4v) is 2.57. The molecule has 2 rings (SSSR count). The third kappa shape index (κ3) is 3.33. The van der Waals surface area contributed by atoms with Crippen LogP contribution in [0.4, 0.5) is 0 Å². The van der Waals surface area contributed by atoms with E-state index in [4.69, 9.17) is 10.2 Å². The summed E-state index contributed by atoms with van der Waals surface area (Å²) in [5.41, 5.74) is 6.56. The fourth-order valence-electron chi connectivity index (χ4n) is 2.57. The number of likely N-dealkylation sites (tertiary alicyclic amines) is 1. The third-order valence-corrected chi connectivity index (χ3v) is 3.82. The molecule has 102 valence electrons. The van der Waals surface area contributed by atoms with E-state index in [1.807, 2.05) is 0 Å². The molecule has 0 unspecified atom stereocenters. The molecule has 2 N–H and O–H groups in total. The van der Waals surface area contributed by atoms with Crippen molar-refractivity contribution in [1.82, 2.24) is 9.88 Å². The van der Waals surface area contributed by atoms with Gasteiger partial charge in [0, 0.05) is 12.0 Å². The van der Waals surface area contributed by atoms with Crippen LogP contribution < -0.4 is 5.73 Å². The van der Waals surface area contributed by atoms with Gasteiger partial charge >= 0.3 is 0 Å². The Morgan fingerprint density at radius 1 is 1.44 bits per heavy atom. The lowest BCUT2D eigenvalue weighted by Gasteiger charge is -2.33. The van der Waals surface area contributed by atoms with Gasteiger partial charge < -0.3 is 15.1 Å². The largest absolute Gasteiger partial charge is 0.448 e. The van der Waals surface area contributed by atoms with Crippen LogP contribution in [0.2, 0.25) is 0 Å². The summed E-state index contributed by atoms with van der Waals surface area (Å²) >= 11 is 0. The van der Waals surface area contributed by atoms with Crippen LogP contribution in [-0.2, 0) is 6.42 Å². The second kappa shape index (κ2) is 6.34. The van der Waals surface area contributed by atoms with Crippen molar-refractivity contribution in [2.75, 3.05) is 19.6 Å². The van der Waals surface area contributed by atoms with Crippen LogP contribution in [-0.4, -0.2) is 35.6 Å². The zero-order valence-corrected chi connectivity index (χ0v) is 11.6. The van der Waals surface area contributed by atoms with Gasteiger partial charge in [0.05, 0.1) is 5.69 Å². The monoisotopic (exact) mass is 251 g/mol. The number of aryl methyl sites for hydroxylation is 1. The minimum Gasteiger partial charge on any atom is -0.448 e. The van der Waals surface area contributed by atoms with Crippen LogP contribution in [0.5, 0.6) is 0 Å². The molecule has 4 heteroatoms. The number of nitrogens with two attached hydrogens (primary N) is 1. The highest BCUT2D eigenvalue weighted by Crippen LogP contribution is 2.28. The van der Waals surface area contributed by atoms with E-state index in [1.165, 1.54) is 0 Å². The Hall–Kier alpha value is -0.870. The SMILES string of the molecule is CC(C)N1CCC(c2nc(CCCN)co2)CC1. The van der Waals surface area contributed by atoms with E-state index >= 15 is 0 Å². The number of rotatable bonds is 5. The first-order chi connectivity index (χ1) is 8.70. The van der Waals surface area contributed by atoms with Crippen molar-refractivity contribution in [3.05, 3.63) is 17.8 Å². The van der Waals surface area contributed by atoms with Gasteiger partial charge in [-0.05, 0) is 59.2 Å². The quantitative estimate of drug-likeness (QED) is 0.871. The predicted molar refractivity (Wildman–Crippen MR) is 72.6 cm³/mol. The number of hydrogen-bond donors (Lipinski definition) is 1. The van der Waals surface area contributed by atoms with Crippen LogP contribution in [0.3, 0.4) is 0 Å². The second-order valence-electron chi connectivity index (χ2n) is 5.47. The van der Waals surface area contributed by atoms with E-state index in [2.05, 4.69) is 23.7 Å². The minimum atomic E-state index is 0.506. The van der Waals surface area contributed by atoms with E-state index in [-0.39, 0.29) is 0 Å². The van der Waals surface area contributed by atoms with Gasteiger partial charge in [-0.1, -0.05) is 0 Å². The Kier molecular flexibility index (Phi) is 4.78. The molecule has 0 aliphatic carbocycles. The van der Waals surface area contributed by atoms with Gasteiger partial charge in [0.15, 0.2) is 5.89 Å². The first-order valence-corrected chi connectivity index (χ1v) is 7.09. The molecule has 0 radical (unpaired) electrons. The van der Waals surface area contributed by atoms with Crippen molar-refractivity contribution in [2.45, 2.75) is 51.5 Å². The highest BCUT2D eigenvalue weighted by molar-refractivity contribution is 5.02. The van der Waals surface area contributed by atoms with E-state index in [9.17, 15) is 0 Å². The lowest BCUT2D eigenvalue weighted by atomic mass is 9.96. The van der Waals surface area contributed by atoms with Crippen molar-refractivity contribution < 1.29 is 4.42 Å². The fraction of sp³-hybridized carbons (Fsp3) is 0.786. The standard InChI is InChI=1S/C14H25N3O/c1-11(2)17-8-5-12(6-9-17)14-16-13(10-18-14)4-3-7-15/h10-12H,3-9,15H2,1-2H3. The Labute approximate surface area is 110 Å². The molecule has 18 heavy (non-hydrogen) atoms. The molecule has 1 aromatic heterocycles. The zero-order chi connectivity index (χ0) is 13.0. The van der Waals surface area contributed by atoms with Crippen molar-refractivity contribution in [2.24, 2.45) is 5.73 Å². The highest BCUT2D eigenvalue weighted by atomic mass is 16.3. The van der Waals surface area contributed by atoms with Crippen molar-refractivity contribution in [3.8, 4) is 0 Å². The van der Waals surface area contributed by atoms with Crippen molar-refractivity contribution >= 4 is 0 Å². The van der Waals surface area contributed by atoms with E-state index < -0.39 is 0 Å². The molecule has 0 saturated carbocycles. The average Bonchev–Trinajstić information content (AvgIpc) is 2.85. The average molecular weight is 251 g/mol. The first kappa shape index (κ1) is 13.6. The van der Waals surface area contributed by atoms with Gasteiger partial charge in [-0.2, -0.15) is 0 Å². The van der Waals surface area contributed by atoms with Gasteiger partial charge in [0.1, 0.15) is 6.26 Å². The summed E-state index contributed by atoms with van der Waals surface area (Å²) in [6.45, 7) is 7.55. The minimum absolute atomic E-state index is 0.506. The Morgan fingerprint density at radius 2 is 2.17 bits per heavy atom. The number of aromatic nitrogens is 1. The Morgan fingerprint density at radius 3 is 2.78 bits per heavy atom. The van der Waals surface area contributed by atoms with E-state index in [1.54, 1.807) is 6.26 Å². The summed E-state index contributed by atoms with van der Waals surface area (Å²) in [5.74, 6) is 1.44. The number of oxazole rings is 1. The summed E-state index contributed by atoms with van der Waals surface area (Å²) in [5, 5.41) is 0. The highest BCUT2D eigenvalue weighted by Gasteiger charge is 2.25. The lowest BCUT2D eigenvalue weighted by Crippen LogP contribution is -2.37. The third-order valence-electron chi connectivity index (χ3n) is 3.82. The maximum absolute atomic E-state index is 5.63. The Balaban J connectivity index is 1.87. The van der Waals surface area contributed by atoms with E-state index in [0.29, 0.717) is 12.0 Å². The van der Waals surface area contributed by atoms with Gasteiger partial charge in [-0.25, -0.2) is 4.98 Å². The molecule has 1 aliphatic heterocycles. The molecule has 1 saturated heterocycles. The molecule has 0 amide bonds. The van der Waals surface area contributed by atoms with Crippen LogP contribution in [0.25, 0.3) is 0 Å². The van der Waals surface area contributed by atoms with Crippen LogP contribution in [0.1, 0.15) is 50.6 Å². The van der Waals surface area contributed by atoms with Gasteiger partial charge in [0.2, 0.25) is 0 Å². The molecule has 1 aromatic rings. The summed E-state index contributed by atoms with van der Waals surface area (Å²) in [6, 6.07) is 0.649. The van der Waals surface area contributed by atoms with Crippen molar-refractivity contribution in [3.63, 3.8) is 0 Å². The number of hydrogen-bond acceptors (Lipinski definition) is 4. The number of nitrogens with zero attached hydrogens (tertiary/aromatic N) is 2. The van der Waals surface area contributed by atoms with Gasteiger partial charge in [0.25, 0.3) is 0 Å². The Bertz CT molecular complexity index is 354. The molecule has 0 spiro atoms. The zero-order valence-electron chi connectivity index (χ0n) is 11.6. The summed E-state index contributed by atoms with van der Waals surface area (Å²) in [6.07, 6.45) is 6.05. The molecule has 1 fully saturated rings. The summed E-state index contributed by atoms with van der Waals surface area (Å²) in [7, 11) is 0. The van der Waals surface area contributed by atoms with Gasteiger partial charge in [-0.3, -0.25) is 0 Å². The lowest BCUT2D eigenvalue weighted by molar-refractivity contribution is 0.163. The first-order valence-electron chi connectivity index (χ1n) is 7.09. The predicted octanol–water partition coefficient (Wildman–Crippen LogP) is 2.15. The molecule has 4 nitrogen and oxygen atoms in total. The normalized spacial score (nSPS) is 18.7. The molecule has 0 atom stereocenters. The molecule has 2 heterocycles. The van der Waals surface area contributed by atoms with Crippen molar-refractivity contribution in [1.29, 1.82) is 0 Å². The summed E-state index contributed by atoms with van der Waals surface area (Å²) in [4.78, 5) is 7.12. The van der Waals surface area contributed by atoms with Crippen LogP contribution >= 0.6 is 0 Å². The topological polar surface area (TPSA) is 55.3 Å². The molecule has 1 aliphatic rings. The van der Waals surface area contributed by atoms with Gasteiger partial charge in [-0.15, -0.1) is 0 Å². The molecule has 0 bridgehead atoms. The summed E-state index contributed by atoms with van der Waals surface area (Å²) < 4.78 is 5.63. The van der Waals surface area contributed by atoms with Crippen LogP contribution in [0.15, 0.2) is 10.7 Å². The maximum atomic E-state index is 5.63. The molecular formula is C14H25N3O. The number of piperidine rings is 1. The molecule has 0 aromatic carbocycles.